The summed E-state index contributed by atoms with van der Waals surface area (Å²) in [6.07, 6.45) is 3.53. The molecule has 0 aliphatic carbocycles. The molecule has 0 fully saturated rings. The van der Waals surface area contributed by atoms with Crippen LogP contribution >= 0.6 is 11.3 Å². The highest BCUT2D eigenvalue weighted by molar-refractivity contribution is 7.14. The Morgan fingerprint density at radius 3 is 2.76 bits per heavy atom. The lowest BCUT2D eigenvalue weighted by atomic mass is 10.1. The topological polar surface area (TPSA) is 78.3 Å². The highest BCUT2D eigenvalue weighted by atomic mass is 32.1. The van der Waals surface area contributed by atoms with Gasteiger partial charge in [0.25, 0.3) is 0 Å². The summed E-state index contributed by atoms with van der Waals surface area (Å²) in [5.41, 5.74) is 2.66. The monoisotopic (exact) mass is 358 g/mol. The van der Waals surface area contributed by atoms with Crippen molar-refractivity contribution in [1.82, 2.24) is 14.8 Å². The number of carbonyl (C=O) groups excluding carboxylic acids is 1. The number of nitrogens with one attached hydrogen (secondary N) is 1. The van der Waals surface area contributed by atoms with Crippen molar-refractivity contribution < 1.29 is 14.3 Å². The van der Waals surface area contributed by atoms with Gasteiger partial charge in [0.2, 0.25) is 5.91 Å². The van der Waals surface area contributed by atoms with Gasteiger partial charge in [0, 0.05) is 17.1 Å². The molecular weight excluding hydrogens is 340 g/mol. The van der Waals surface area contributed by atoms with E-state index < -0.39 is 0 Å². The molecule has 130 valence electrons. The maximum Gasteiger partial charge on any atom is 0.247 e. The van der Waals surface area contributed by atoms with E-state index in [1.807, 2.05) is 36.7 Å². The fraction of sp³-hybridized carbons (Fsp3) is 0.235. The van der Waals surface area contributed by atoms with Crippen molar-refractivity contribution in [3.8, 4) is 22.8 Å². The number of ether oxygens (including phenoxy) is 2. The number of rotatable bonds is 6. The first-order valence-corrected chi connectivity index (χ1v) is 8.44. The molecule has 1 aromatic carbocycles. The number of aromatic nitrogens is 3. The molecule has 0 aliphatic heterocycles. The van der Waals surface area contributed by atoms with Gasteiger partial charge in [-0.3, -0.25) is 9.48 Å². The van der Waals surface area contributed by atoms with Gasteiger partial charge in [0.05, 0.1) is 26.1 Å². The largest absolute Gasteiger partial charge is 0.493 e. The number of thiazole rings is 1. The number of anilines is 1. The summed E-state index contributed by atoms with van der Waals surface area (Å²) in [5.74, 6) is 1.12. The molecule has 7 nitrogen and oxygen atoms in total. The first-order chi connectivity index (χ1) is 12.1. The third-order valence-electron chi connectivity index (χ3n) is 3.50. The Kier molecular flexibility index (Phi) is 4.99. The minimum absolute atomic E-state index is 0.152. The van der Waals surface area contributed by atoms with Gasteiger partial charge in [-0.25, -0.2) is 4.98 Å². The first-order valence-electron chi connectivity index (χ1n) is 7.56. The zero-order valence-electron chi connectivity index (χ0n) is 14.1. The van der Waals surface area contributed by atoms with Crippen LogP contribution in [0.25, 0.3) is 11.3 Å². The van der Waals surface area contributed by atoms with Gasteiger partial charge in [0.15, 0.2) is 16.6 Å². The Bertz CT molecular complexity index is 888. The maximum absolute atomic E-state index is 12.1. The molecule has 25 heavy (non-hydrogen) atoms. The molecule has 0 saturated carbocycles. The number of hydrogen-bond donors (Lipinski definition) is 1. The van der Waals surface area contributed by atoms with Gasteiger partial charge in [-0.1, -0.05) is 0 Å². The SMILES string of the molecule is COc1ccc(-c2csc(NC(=O)Cn3cc(C)cn3)n2)cc1OC. The lowest BCUT2D eigenvalue weighted by molar-refractivity contribution is -0.116. The molecule has 0 radical (unpaired) electrons. The first kappa shape index (κ1) is 17.0. The standard InChI is InChI=1S/C17H18N4O3S/c1-11-7-18-21(8-11)9-16(22)20-17-19-13(10-25-17)12-4-5-14(23-2)15(6-12)24-3/h4-8,10H,9H2,1-3H3,(H,19,20,22). The van der Waals surface area contributed by atoms with Crippen molar-refractivity contribution in [1.29, 1.82) is 0 Å². The van der Waals surface area contributed by atoms with Gasteiger partial charge in [-0.2, -0.15) is 5.10 Å². The summed E-state index contributed by atoms with van der Waals surface area (Å²) in [4.78, 5) is 16.5. The average Bonchev–Trinajstić information content (AvgIpc) is 3.23. The molecule has 1 N–H and O–H groups in total. The van der Waals surface area contributed by atoms with Crippen LogP contribution < -0.4 is 14.8 Å². The fourth-order valence-electron chi connectivity index (χ4n) is 2.32. The van der Waals surface area contributed by atoms with Crippen molar-refractivity contribution in [2.75, 3.05) is 19.5 Å². The van der Waals surface area contributed by atoms with Crippen molar-refractivity contribution in [2.45, 2.75) is 13.5 Å². The summed E-state index contributed by atoms with van der Waals surface area (Å²) < 4.78 is 12.1. The molecule has 1 amide bonds. The zero-order valence-corrected chi connectivity index (χ0v) is 15.0. The molecule has 0 aliphatic rings. The lowest BCUT2D eigenvalue weighted by Crippen LogP contribution is -2.18. The van der Waals surface area contributed by atoms with Crippen LogP contribution in [-0.2, 0) is 11.3 Å². The van der Waals surface area contributed by atoms with E-state index in [0.29, 0.717) is 16.6 Å². The quantitative estimate of drug-likeness (QED) is 0.733. The van der Waals surface area contributed by atoms with E-state index in [4.69, 9.17) is 9.47 Å². The Morgan fingerprint density at radius 1 is 1.28 bits per heavy atom. The smallest absolute Gasteiger partial charge is 0.247 e. The van der Waals surface area contributed by atoms with Crippen molar-refractivity contribution in [3.05, 3.63) is 41.5 Å². The average molecular weight is 358 g/mol. The van der Waals surface area contributed by atoms with Crippen LogP contribution in [-0.4, -0.2) is 34.9 Å². The molecule has 0 bridgehead atoms. The van der Waals surface area contributed by atoms with Crippen molar-refractivity contribution >= 4 is 22.4 Å². The number of nitrogens with zero attached hydrogens (tertiary/aromatic N) is 3. The Balaban J connectivity index is 1.70. The number of benzene rings is 1. The van der Waals surface area contributed by atoms with Gasteiger partial charge in [-0.05, 0) is 30.7 Å². The summed E-state index contributed by atoms with van der Waals surface area (Å²) >= 11 is 1.37. The molecule has 2 aromatic heterocycles. The number of methoxy groups -OCH3 is 2. The van der Waals surface area contributed by atoms with Crippen LogP contribution in [0.15, 0.2) is 36.0 Å². The third-order valence-corrected chi connectivity index (χ3v) is 4.26. The van der Waals surface area contributed by atoms with Crippen LogP contribution in [0.3, 0.4) is 0 Å². The zero-order chi connectivity index (χ0) is 17.8. The van der Waals surface area contributed by atoms with E-state index >= 15 is 0 Å². The normalized spacial score (nSPS) is 10.5. The van der Waals surface area contributed by atoms with Gasteiger partial charge in [0.1, 0.15) is 6.54 Å². The minimum atomic E-state index is -0.170. The summed E-state index contributed by atoms with van der Waals surface area (Å²) in [6.45, 7) is 2.08. The van der Waals surface area contributed by atoms with E-state index in [-0.39, 0.29) is 12.5 Å². The molecule has 0 atom stereocenters. The van der Waals surface area contributed by atoms with E-state index in [1.165, 1.54) is 11.3 Å². The summed E-state index contributed by atoms with van der Waals surface area (Å²) in [5, 5.41) is 9.32. The number of carbonyl (C=O) groups is 1. The van der Waals surface area contributed by atoms with Gasteiger partial charge < -0.3 is 14.8 Å². The van der Waals surface area contributed by atoms with E-state index in [2.05, 4.69) is 15.4 Å². The van der Waals surface area contributed by atoms with E-state index in [1.54, 1.807) is 25.1 Å². The van der Waals surface area contributed by atoms with Gasteiger partial charge in [-0.15, -0.1) is 11.3 Å². The summed E-state index contributed by atoms with van der Waals surface area (Å²) in [7, 11) is 3.18. The third kappa shape index (κ3) is 3.97. The maximum atomic E-state index is 12.1. The van der Waals surface area contributed by atoms with Gasteiger partial charge >= 0.3 is 0 Å². The number of aryl methyl sites for hydroxylation is 1. The predicted molar refractivity (Wildman–Crippen MR) is 96.2 cm³/mol. The Hall–Kier alpha value is -2.87. The summed E-state index contributed by atoms with van der Waals surface area (Å²) in [6, 6.07) is 5.58. The second-order valence-electron chi connectivity index (χ2n) is 5.37. The van der Waals surface area contributed by atoms with Crippen molar-refractivity contribution in [2.24, 2.45) is 0 Å². The minimum Gasteiger partial charge on any atom is -0.493 e. The molecular formula is C17H18N4O3S. The second-order valence-corrected chi connectivity index (χ2v) is 6.23. The van der Waals surface area contributed by atoms with E-state index in [9.17, 15) is 4.79 Å². The molecule has 0 spiro atoms. The molecule has 3 aromatic rings. The van der Waals surface area contributed by atoms with Crippen LogP contribution in [0.4, 0.5) is 5.13 Å². The van der Waals surface area contributed by atoms with Crippen LogP contribution in [0.1, 0.15) is 5.56 Å². The van der Waals surface area contributed by atoms with Crippen LogP contribution in [0.2, 0.25) is 0 Å². The fourth-order valence-corrected chi connectivity index (χ4v) is 3.05. The van der Waals surface area contributed by atoms with E-state index in [0.717, 1.165) is 16.8 Å². The molecule has 2 heterocycles. The predicted octanol–water partition coefficient (Wildman–Crippen LogP) is 2.97. The molecule has 8 heteroatoms. The highest BCUT2D eigenvalue weighted by Crippen LogP contribution is 2.33. The number of hydrogen-bond acceptors (Lipinski definition) is 6. The highest BCUT2D eigenvalue weighted by Gasteiger charge is 2.11. The molecule has 0 unspecified atom stereocenters. The Morgan fingerprint density at radius 2 is 2.08 bits per heavy atom. The second kappa shape index (κ2) is 7.35. The number of amides is 1. The molecule has 3 rings (SSSR count). The Labute approximate surface area is 149 Å². The molecule has 0 saturated heterocycles. The van der Waals surface area contributed by atoms with Crippen molar-refractivity contribution in [3.63, 3.8) is 0 Å². The lowest BCUT2D eigenvalue weighted by Gasteiger charge is -2.08. The van der Waals surface area contributed by atoms with Crippen LogP contribution in [0, 0.1) is 6.92 Å². The van der Waals surface area contributed by atoms with Crippen LogP contribution in [0.5, 0.6) is 11.5 Å².